The second-order valence-electron chi connectivity index (χ2n) is 6.55. The monoisotopic (exact) mass is 384 g/mol. The summed E-state index contributed by atoms with van der Waals surface area (Å²) in [4.78, 5) is 14.3. The molecule has 0 aliphatic heterocycles. The summed E-state index contributed by atoms with van der Waals surface area (Å²) in [5.74, 6) is 1.55. The lowest BCUT2D eigenvalue weighted by Gasteiger charge is -2.12. The minimum Gasteiger partial charge on any atom is -0.496 e. The quantitative estimate of drug-likeness (QED) is 0.673. The molecule has 0 fully saturated rings. The van der Waals surface area contributed by atoms with E-state index in [0.29, 0.717) is 23.8 Å². The first kappa shape index (κ1) is 21.3. The van der Waals surface area contributed by atoms with Crippen LogP contribution in [0.3, 0.4) is 0 Å². The standard InChI is InChI=1S/C22H28N2O4/c1-24(2)15-17-8-6-16(7-9-17)14-23-22(25)11-10-18-12-20(27-4)21(28-5)13-19(18)26-3/h6-13H,14-15H2,1-5H3,(H,23,25)/b11-10+. The first-order valence-electron chi connectivity index (χ1n) is 8.95. The number of hydrogen-bond donors (Lipinski definition) is 1. The van der Waals surface area contributed by atoms with Crippen LogP contribution in [0.4, 0.5) is 0 Å². The van der Waals surface area contributed by atoms with Gasteiger partial charge in [-0.3, -0.25) is 4.79 Å². The maximum Gasteiger partial charge on any atom is 0.244 e. The van der Waals surface area contributed by atoms with Crippen molar-refractivity contribution in [1.82, 2.24) is 10.2 Å². The molecule has 0 heterocycles. The highest BCUT2D eigenvalue weighted by atomic mass is 16.5. The molecule has 0 aliphatic carbocycles. The van der Waals surface area contributed by atoms with Gasteiger partial charge in [-0.05, 0) is 37.4 Å². The number of carbonyl (C=O) groups is 1. The summed E-state index contributed by atoms with van der Waals surface area (Å²) in [6.07, 6.45) is 3.17. The molecule has 1 amide bonds. The summed E-state index contributed by atoms with van der Waals surface area (Å²) in [6.45, 7) is 1.36. The highest BCUT2D eigenvalue weighted by Gasteiger charge is 2.10. The molecule has 0 unspecified atom stereocenters. The Hall–Kier alpha value is -2.99. The van der Waals surface area contributed by atoms with Crippen LogP contribution in [0.1, 0.15) is 16.7 Å². The van der Waals surface area contributed by atoms with Crippen molar-refractivity contribution < 1.29 is 19.0 Å². The van der Waals surface area contributed by atoms with Crippen molar-refractivity contribution >= 4 is 12.0 Å². The van der Waals surface area contributed by atoms with Crippen molar-refractivity contribution in [3.8, 4) is 17.2 Å². The highest BCUT2D eigenvalue weighted by molar-refractivity contribution is 5.92. The van der Waals surface area contributed by atoms with Gasteiger partial charge < -0.3 is 24.4 Å². The molecule has 150 valence electrons. The van der Waals surface area contributed by atoms with Crippen molar-refractivity contribution in [2.75, 3.05) is 35.4 Å². The Bertz CT molecular complexity index is 814. The van der Waals surface area contributed by atoms with Crippen molar-refractivity contribution in [3.05, 3.63) is 59.2 Å². The van der Waals surface area contributed by atoms with E-state index in [1.165, 1.54) is 11.6 Å². The molecular weight excluding hydrogens is 356 g/mol. The Morgan fingerprint density at radius 3 is 2.07 bits per heavy atom. The number of benzene rings is 2. The fourth-order valence-corrected chi connectivity index (χ4v) is 2.72. The largest absolute Gasteiger partial charge is 0.496 e. The molecule has 28 heavy (non-hydrogen) atoms. The van der Waals surface area contributed by atoms with Gasteiger partial charge in [0.15, 0.2) is 11.5 Å². The maximum atomic E-state index is 12.2. The van der Waals surface area contributed by atoms with Crippen LogP contribution < -0.4 is 19.5 Å². The minimum atomic E-state index is -0.186. The second kappa shape index (κ2) is 10.4. The lowest BCUT2D eigenvalue weighted by Crippen LogP contribution is -2.20. The number of nitrogens with one attached hydrogen (secondary N) is 1. The maximum absolute atomic E-state index is 12.2. The fraction of sp³-hybridized carbons (Fsp3) is 0.318. The van der Waals surface area contributed by atoms with Crippen LogP contribution in [0.2, 0.25) is 0 Å². The molecule has 0 radical (unpaired) electrons. The van der Waals surface area contributed by atoms with E-state index in [1.54, 1.807) is 39.5 Å². The Balaban J connectivity index is 2.00. The van der Waals surface area contributed by atoms with Gasteiger partial charge in [0.1, 0.15) is 5.75 Å². The topological polar surface area (TPSA) is 60.0 Å². The molecule has 0 atom stereocenters. The SMILES string of the molecule is COc1cc(OC)c(OC)cc1/C=C/C(=O)NCc1ccc(CN(C)C)cc1. The average Bonchev–Trinajstić information content (AvgIpc) is 2.70. The molecule has 6 heteroatoms. The van der Waals surface area contributed by atoms with Gasteiger partial charge in [0, 0.05) is 30.8 Å². The van der Waals surface area contributed by atoms with Crippen LogP contribution in [0.5, 0.6) is 17.2 Å². The lowest BCUT2D eigenvalue weighted by molar-refractivity contribution is -0.116. The van der Waals surface area contributed by atoms with Crippen LogP contribution in [-0.4, -0.2) is 46.2 Å². The molecule has 0 aliphatic rings. The summed E-state index contributed by atoms with van der Waals surface area (Å²) in [6, 6.07) is 11.7. The molecular formula is C22H28N2O4. The van der Waals surface area contributed by atoms with E-state index in [1.807, 2.05) is 26.2 Å². The van der Waals surface area contributed by atoms with Crippen LogP contribution in [0.25, 0.3) is 6.08 Å². The predicted molar refractivity (Wildman–Crippen MR) is 111 cm³/mol. The third kappa shape index (κ3) is 6.03. The number of nitrogens with zero attached hydrogens (tertiary/aromatic N) is 1. The van der Waals surface area contributed by atoms with E-state index in [-0.39, 0.29) is 5.91 Å². The number of carbonyl (C=O) groups excluding carboxylic acids is 1. The molecule has 6 nitrogen and oxygen atoms in total. The summed E-state index contributed by atoms with van der Waals surface area (Å²) in [5, 5.41) is 2.89. The van der Waals surface area contributed by atoms with Crippen molar-refractivity contribution in [2.45, 2.75) is 13.1 Å². The Kier molecular flexibility index (Phi) is 7.89. The van der Waals surface area contributed by atoms with Gasteiger partial charge in [0.25, 0.3) is 0 Å². The molecule has 0 bridgehead atoms. The predicted octanol–water partition coefficient (Wildman–Crippen LogP) is 3.10. The van der Waals surface area contributed by atoms with E-state index in [4.69, 9.17) is 14.2 Å². The first-order valence-corrected chi connectivity index (χ1v) is 8.95. The summed E-state index contributed by atoms with van der Waals surface area (Å²) < 4.78 is 15.9. The number of rotatable bonds is 9. The van der Waals surface area contributed by atoms with E-state index in [2.05, 4.69) is 22.3 Å². The zero-order chi connectivity index (χ0) is 20.5. The molecule has 2 aromatic carbocycles. The average molecular weight is 384 g/mol. The molecule has 1 N–H and O–H groups in total. The second-order valence-corrected chi connectivity index (χ2v) is 6.55. The summed E-state index contributed by atoms with van der Waals surface area (Å²) in [5.41, 5.74) is 3.01. The molecule has 0 aromatic heterocycles. The smallest absolute Gasteiger partial charge is 0.244 e. The van der Waals surface area contributed by atoms with Crippen LogP contribution in [0.15, 0.2) is 42.5 Å². The molecule has 2 rings (SSSR count). The van der Waals surface area contributed by atoms with Gasteiger partial charge >= 0.3 is 0 Å². The number of hydrogen-bond acceptors (Lipinski definition) is 5. The van der Waals surface area contributed by atoms with Crippen molar-refractivity contribution in [2.24, 2.45) is 0 Å². The molecule has 2 aromatic rings. The van der Waals surface area contributed by atoms with Gasteiger partial charge in [-0.25, -0.2) is 0 Å². The molecule has 0 saturated carbocycles. The Labute approximate surface area is 166 Å². The Morgan fingerprint density at radius 1 is 0.929 bits per heavy atom. The van der Waals surface area contributed by atoms with Gasteiger partial charge in [0.2, 0.25) is 5.91 Å². The molecule has 0 saturated heterocycles. The number of amides is 1. The number of methoxy groups -OCH3 is 3. The van der Waals surface area contributed by atoms with Gasteiger partial charge in [-0.15, -0.1) is 0 Å². The van der Waals surface area contributed by atoms with Crippen LogP contribution in [-0.2, 0) is 17.9 Å². The first-order chi connectivity index (χ1) is 13.5. The van der Waals surface area contributed by atoms with Gasteiger partial charge in [-0.1, -0.05) is 24.3 Å². The van der Waals surface area contributed by atoms with E-state index >= 15 is 0 Å². The lowest BCUT2D eigenvalue weighted by atomic mass is 10.1. The number of ether oxygens (including phenoxy) is 3. The van der Waals surface area contributed by atoms with Crippen molar-refractivity contribution in [3.63, 3.8) is 0 Å². The Morgan fingerprint density at radius 2 is 1.50 bits per heavy atom. The van der Waals surface area contributed by atoms with Crippen LogP contribution in [0, 0.1) is 0 Å². The summed E-state index contributed by atoms with van der Waals surface area (Å²) >= 11 is 0. The van der Waals surface area contributed by atoms with Gasteiger partial charge in [-0.2, -0.15) is 0 Å². The third-order valence-corrected chi connectivity index (χ3v) is 4.14. The van der Waals surface area contributed by atoms with E-state index < -0.39 is 0 Å². The van der Waals surface area contributed by atoms with Crippen LogP contribution >= 0.6 is 0 Å². The van der Waals surface area contributed by atoms with Gasteiger partial charge in [0.05, 0.1) is 21.3 Å². The fourth-order valence-electron chi connectivity index (χ4n) is 2.72. The zero-order valence-corrected chi connectivity index (χ0v) is 17.1. The highest BCUT2D eigenvalue weighted by Crippen LogP contribution is 2.35. The van der Waals surface area contributed by atoms with E-state index in [0.717, 1.165) is 17.7 Å². The minimum absolute atomic E-state index is 0.186. The van der Waals surface area contributed by atoms with E-state index in [9.17, 15) is 4.79 Å². The van der Waals surface area contributed by atoms with Crippen molar-refractivity contribution in [1.29, 1.82) is 0 Å². The normalized spacial score (nSPS) is 10.9. The third-order valence-electron chi connectivity index (χ3n) is 4.14. The zero-order valence-electron chi connectivity index (χ0n) is 17.1. The summed E-state index contributed by atoms with van der Waals surface area (Å²) in [7, 11) is 8.77. The molecule has 0 spiro atoms.